The van der Waals surface area contributed by atoms with Gasteiger partial charge in [0.05, 0.1) is 17.9 Å². The second-order valence-corrected chi connectivity index (χ2v) is 7.41. The zero-order chi connectivity index (χ0) is 23.2. The van der Waals surface area contributed by atoms with Crippen molar-refractivity contribution in [3.8, 4) is 5.75 Å². The molecule has 0 bridgehead atoms. The van der Waals surface area contributed by atoms with E-state index in [1.165, 1.54) is 0 Å². The minimum Gasteiger partial charge on any atom is -0.494 e. The Morgan fingerprint density at radius 3 is 2.18 bits per heavy atom. The molecule has 0 atom stereocenters. The maximum absolute atomic E-state index is 13.0. The normalized spacial score (nSPS) is 11.9. The largest absolute Gasteiger partial charge is 0.494 e. The van der Waals surface area contributed by atoms with Crippen LogP contribution in [0.2, 0.25) is 0 Å². The highest BCUT2D eigenvalue weighted by molar-refractivity contribution is 6.30. The first-order valence-electron chi connectivity index (χ1n) is 10.5. The summed E-state index contributed by atoms with van der Waals surface area (Å²) in [5.74, 6) is -1.03. The molecule has 1 N–H and O–H groups in total. The third-order valence-electron chi connectivity index (χ3n) is 5.13. The number of ketones is 2. The van der Waals surface area contributed by atoms with Gasteiger partial charge in [-0.2, -0.15) is 0 Å². The molecular formula is C26H21NO6. The third-order valence-corrected chi connectivity index (χ3v) is 5.13. The van der Waals surface area contributed by atoms with Gasteiger partial charge in [-0.25, -0.2) is 0 Å². The number of hydrogen-bond donors (Lipinski definition) is 1. The van der Waals surface area contributed by atoms with E-state index < -0.39 is 18.5 Å². The van der Waals surface area contributed by atoms with Crippen molar-refractivity contribution in [1.82, 2.24) is 0 Å². The molecule has 0 fully saturated rings. The van der Waals surface area contributed by atoms with Crippen LogP contribution in [0.3, 0.4) is 0 Å². The predicted octanol–water partition coefficient (Wildman–Crippen LogP) is 3.80. The van der Waals surface area contributed by atoms with Crippen molar-refractivity contribution < 1.29 is 28.7 Å². The van der Waals surface area contributed by atoms with Gasteiger partial charge >= 0.3 is 5.97 Å². The van der Waals surface area contributed by atoms with E-state index in [1.54, 1.807) is 42.5 Å². The number of esters is 1. The molecule has 0 unspecified atom stereocenters. The first-order valence-corrected chi connectivity index (χ1v) is 10.5. The summed E-state index contributed by atoms with van der Waals surface area (Å²) >= 11 is 0. The molecule has 0 heterocycles. The molecular weight excluding hydrogens is 422 g/mol. The van der Waals surface area contributed by atoms with Crippen molar-refractivity contribution >= 4 is 29.1 Å². The number of para-hydroxylation sites is 1. The van der Waals surface area contributed by atoms with Crippen LogP contribution in [0.4, 0.5) is 5.69 Å². The lowest BCUT2D eigenvalue weighted by molar-refractivity contribution is -0.147. The fraction of sp³-hybridized carbons (Fsp3) is 0.154. The Labute approximate surface area is 190 Å². The van der Waals surface area contributed by atoms with Gasteiger partial charge in [0.1, 0.15) is 5.75 Å². The number of ether oxygens (including phenoxy) is 2. The summed E-state index contributed by atoms with van der Waals surface area (Å²) in [5.41, 5.74) is 1.20. The van der Waals surface area contributed by atoms with E-state index in [-0.39, 0.29) is 34.8 Å². The molecule has 1 amide bonds. The van der Waals surface area contributed by atoms with Gasteiger partial charge in [0.15, 0.2) is 18.2 Å². The van der Waals surface area contributed by atoms with Gasteiger partial charge in [-0.05, 0) is 24.6 Å². The van der Waals surface area contributed by atoms with Crippen LogP contribution in [-0.2, 0) is 14.3 Å². The van der Waals surface area contributed by atoms with Crippen LogP contribution in [0.25, 0.3) is 0 Å². The highest BCUT2D eigenvalue weighted by Crippen LogP contribution is 2.31. The Hall–Kier alpha value is -4.26. The second kappa shape index (κ2) is 9.91. The van der Waals surface area contributed by atoms with E-state index in [2.05, 4.69) is 5.32 Å². The Balaban J connectivity index is 1.31. The molecule has 0 radical (unpaired) electrons. The van der Waals surface area contributed by atoms with Crippen molar-refractivity contribution in [1.29, 1.82) is 0 Å². The second-order valence-electron chi connectivity index (χ2n) is 7.41. The lowest BCUT2D eigenvalue weighted by Crippen LogP contribution is -2.26. The smallest absolute Gasteiger partial charge is 0.306 e. The van der Waals surface area contributed by atoms with Crippen molar-refractivity contribution in [3.05, 3.63) is 95.1 Å². The van der Waals surface area contributed by atoms with Gasteiger partial charge in [0.25, 0.3) is 5.91 Å². The van der Waals surface area contributed by atoms with E-state index >= 15 is 0 Å². The summed E-state index contributed by atoms with van der Waals surface area (Å²) in [4.78, 5) is 50.0. The standard InChI is InChI=1S/C26H21NO6/c28-22(16-33-23(29)14-7-15-32-17-8-2-1-3-9-17)27-21-13-6-12-20-24(21)26(31)19-11-5-4-10-18(19)25(20)30/h1-6,8-13H,7,14-16H2,(H,27,28). The Morgan fingerprint density at radius 1 is 0.758 bits per heavy atom. The highest BCUT2D eigenvalue weighted by atomic mass is 16.5. The highest BCUT2D eigenvalue weighted by Gasteiger charge is 2.31. The minimum absolute atomic E-state index is 0.102. The van der Waals surface area contributed by atoms with Crippen LogP contribution >= 0.6 is 0 Å². The van der Waals surface area contributed by atoms with Gasteiger partial charge in [-0.1, -0.05) is 54.6 Å². The van der Waals surface area contributed by atoms with E-state index in [0.717, 1.165) is 0 Å². The molecule has 3 aromatic carbocycles. The number of fused-ring (bicyclic) bond motifs is 2. The van der Waals surface area contributed by atoms with Crippen molar-refractivity contribution in [3.63, 3.8) is 0 Å². The number of anilines is 1. The Kier molecular flexibility index (Phi) is 6.59. The molecule has 7 nitrogen and oxygen atoms in total. The summed E-state index contributed by atoms with van der Waals surface area (Å²) in [6.07, 6.45) is 0.544. The lowest BCUT2D eigenvalue weighted by Gasteiger charge is -2.20. The van der Waals surface area contributed by atoms with Crippen molar-refractivity contribution in [2.75, 3.05) is 18.5 Å². The van der Waals surface area contributed by atoms with Crippen LogP contribution in [0.1, 0.15) is 44.7 Å². The summed E-state index contributed by atoms with van der Waals surface area (Å²) < 4.78 is 10.5. The molecule has 0 saturated heterocycles. The first-order chi connectivity index (χ1) is 16.0. The monoisotopic (exact) mass is 443 g/mol. The number of nitrogens with one attached hydrogen (secondary N) is 1. The summed E-state index contributed by atoms with van der Waals surface area (Å²) in [7, 11) is 0. The quantitative estimate of drug-likeness (QED) is 0.329. The maximum Gasteiger partial charge on any atom is 0.306 e. The predicted molar refractivity (Wildman–Crippen MR) is 121 cm³/mol. The third kappa shape index (κ3) is 4.98. The number of carbonyl (C=O) groups is 4. The maximum atomic E-state index is 13.0. The average Bonchev–Trinajstić information content (AvgIpc) is 2.84. The van der Waals surface area contributed by atoms with Crippen LogP contribution in [0, 0.1) is 0 Å². The van der Waals surface area contributed by atoms with Gasteiger partial charge in [0.2, 0.25) is 0 Å². The fourth-order valence-electron chi connectivity index (χ4n) is 3.58. The van der Waals surface area contributed by atoms with E-state index in [9.17, 15) is 19.2 Å². The molecule has 0 spiro atoms. The minimum atomic E-state index is -0.601. The molecule has 3 aromatic rings. The molecule has 0 aromatic heterocycles. The summed E-state index contributed by atoms with van der Waals surface area (Å²) in [6, 6.07) is 20.5. The molecule has 33 heavy (non-hydrogen) atoms. The van der Waals surface area contributed by atoms with Crippen LogP contribution in [0.15, 0.2) is 72.8 Å². The van der Waals surface area contributed by atoms with Gasteiger partial charge in [0, 0.05) is 23.1 Å². The van der Waals surface area contributed by atoms with Gasteiger partial charge < -0.3 is 14.8 Å². The molecule has 1 aliphatic rings. The van der Waals surface area contributed by atoms with Gasteiger partial charge in [-0.3, -0.25) is 19.2 Å². The number of benzene rings is 3. The molecule has 166 valence electrons. The van der Waals surface area contributed by atoms with E-state index in [4.69, 9.17) is 9.47 Å². The molecule has 1 aliphatic carbocycles. The fourth-order valence-corrected chi connectivity index (χ4v) is 3.58. The summed E-state index contributed by atoms with van der Waals surface area (Å²) in [5, 5.41) is 2.58. The average molecular weight is 443 g/mol. The number of rotatable bonds is 8. The molecule has 7 heteroatoms. The molecule has 0 aliphatic heterocycles. The van der Waals surface area contributed by atoms with E-state index in [0.29, 0.717) is 29.9 Å². The Morgan fingerprint density at radius 2 is 1.42 bits per heavy atom. The molecule has 4 rings (SSSR count). The van der Waals surface area contributed by atoms with Crippen LogP contribution in [-0.4, -0.2) is 36.7 Å². The number of amides is 1. The zero-order valence-electron chi connectivity index (χ0n) is 17.7. The molecule has 0 saturated carbocycles. The SMILES string of the molecule is O=C(COC(=O)CCCOc1ccccc1)Nc1cccc2c1C(=O)c1ccccc1C2=O. The summed E-state index contributed by atoms with van der Waals surface area (Å²) in [6.45, 7) is -0.153. The zero-order valence-corrected chi connectivity index (χ0v) is 17.7. The topological polar surface area (TPSA) is 98.8 Å². The van der Waals surface area contributed by atoms with Crippen LogP contribution in [0.5, 0.6) is 5.75 Å². The Bertz CT molecular complexity index is 1220. The van der Waals surface area contributed by atoms with Crippen LogP contribution < -0.4 is 10.1 Å². The van der Waals surface area contributed by atoms with Crippen molar-refractivity contribution in [2.24, 2.45) is 0 Å². The lowest BCUT2D eigenvalue weighted by atomic mass is 9.83. The number of hydrogen-bond acceptors (Lipinski definition) is 6. The van der Waals surface area contributed by atoms with Crippen molar-refractivity contribution in [2.45, 2.75) is 12.8 Å². The number of carbonyl (C=O) groups excluding carboxylic acids is 4. The van der Waals surface area contributed by atoms with Gasteiger partial charge in [-0.15, -0.1) is 0 Å². The van der Waals surface area contributed by atoms with E-state index in [1.807, 2.05) is 30.3 Å². The first kappa shape index (κ1) is 22.0.